The van der Waals surface area contributed by atoms with Crippen LogP contribution in [0.1, 0.15) is 0 Å². The van der Waals surface area contributed by atoms with Gasteiger partial charge in [0.1, 0.15) is 0 Å². The average molecular weight is 171 g/mol. The summed E-state index contributed by atoms with van der Waals surface area (Å²) in [4.78, 5) is 0.992. The van der Waals surface area contributed by atoms with Gasteiger partial charge in [0.15, 0.2) is 0 Å². The Morgan fingerprint density at radius 1 is 1.20 bits per heavy atom. The van der Waals surface area contributed by atoms with Crippen LogP contribution in [0.5, 0.6) is 0 Å². The molecule has 0 aromatic heterocycles. The Morgan fingerprint density at radius 3 is 2.50 bits per heavy atom. The zero-order valence-electron chi connectivity index (χ0n) is 5.06. The highest BCUT2D eigenvalue weighted by Gasteiger charge is 1.86. The molecule has 4 heteroatoms. The highest BCUT2D eigenvalue weighted by molar-refractivity contribution is 8.00. The van der Waals surface area contributed by atoms with Gasteiger partial charge >= 0.3 is 0 Å². The lowest BCUT2D eigenvalue weighted by molar-refractivity contribution is 0.699. The summed E-state index contributed by atoms with van der Waals surface area (Å²) >= 11 is 1.43. The van der Waals surface area contributed by atoms with Crippen LogP contribution in [-0.2, 0) is 11.5 Å². The monoisotopic (exact) mass is 171 g/mol. The van der Waals surface area contributed by atoms with E-state index in [1.165, 1.54) is 11.9 Å². The van der Waals surface area contributed by atoms with Gasteiger partial charge in [-0.05, 0) is 12.1 Å². The molecule has 0 saturated heterocycles. The molecule has 0 aliphatic rings. The van der Waals surface area contributed by atoms with Gasteiger partial charge in [0.2, 0.25) is 11.5 Å². The molecule has 10 heavy (non-hydrogen) atoms. The second-order valence-corrected chi connectivity index (χ2v) is 2.95. The minimum atomic E-state index is 0.234. The topological polar surface area (TPSA) is 29.4 Å². The fourth-order valence-electron chi connectivity index (χ4n) is 0.540. The minimum absolute atomic E-state index is 0.234. The molecule has 0 aliphatic carbocycles. The molecule has 0 bridgehead atoms. The maximum atomic E-state index is 9.83. The lowest BCUT2D eigenvalue weighted by Gasteiger charge is -1.88. The zero-order chi connectivity index (χ0) is 7.23. The summed E-state index contributed by atoms with van der Waals surface area (Å²) in [7, 11) is 0. The van der Waals surface area contributed by atoms with Crippen molar-refractivity contribution in [3.05, 3.63) is 30.3 Å². The predicted molar refractivity (Wildman–Crippen MR) is 42.9 cm³/mol. The molecule has 0 saturated carbocycles. The third kappa shape index (κ3) is 2.33. The van der Waals surface area contributed by atoms with E-state index in [1.807, 2.05) is 30.3 Å². The number of benzene rings is 1. The van der Waals surface area contributed by atoms with Crippen molar-refractivity contribution in [1.82, 2.24) is 0 Å². The van der Waals surface area contributed by atoms with Crippen molar-refractivity contribution in [2.45, 2.75) is 4.90 Å². The zero-order valence-corrected chi connectivity index (χ0v) is 6.69. The second-order valence-electron chi connectivity index (χ2n) is 1.55. The van der Waals surface area contributed by atoms with Crippen LogP contribution >= 0.6 is 11.9 Å². The first-order chi connectivity index (χ1) is 4.93. The first kappa shape index (κ1) is 7.50. The first-order valence-electron chi connectivity index (χ1n) is 2.65. The van der Waals surface area contributed by atoms with Gasteiger partial charge in [-0.25, -0.2) is 0 Å². The van der Waals surface area contributed by atoms with Crippen LogP contribution < -0.4 is 0 Å². The van der Waals surface area contributed by atoms with Gasteiger partial charge in [-0.3, -0.25) is 0 Å². The van der Waals surface area contributed by atoms with Crippen molar-refractivity contribution in [2.24, 2.45) is 3.77 Å². The molecule has 1 rings (SSSR count). The van der Waals surface area contributed by atoms with Crippen LogP contribution in [0.25, 0.3) is 0 Å². The third-order valence-corrected chi connectivity index (χ3v) is 1.94. The van der Waals surface area contributed by atoms with Crippen LogP contribution in [0.2, 0.25) is 0 Å². The summed E-state index contributed by atoms with van der Waals surface area (Å²) in [5.74, 6) is 0. The Bertz CT molecular complexity index is 243. The average Bonchev–Trinajstić information content (AvgIpc) is 2.03. The van der Waals surface area contributed by atoms with E-state index in [1.54, 1.807) is 0 Å². The molecule has 0 radical (unpaired) electrons. The number of hydrogen-bond acceptors (Lipinski definition) is 3. The predicted octanol–water partition coefficient (Wildman–Crippen LogP) is 2.09. The van der Waals surface area contributed by atoms with Crippen LogP contribution in [-0.4, -0.2) is 4.21 Å². The molecular weight excluding hydrogens is 166 g/mol. The Hall–Kier alpha value is -0.610. The molecule has 0 aliphatic heterocycles. The van der Waals surface area contributed by atoms with Crippen molar-refractivity contribution in [3.63, 3.8) is 0 Å². The SMILES string of the molecule is O=S=NSc1ccccc1. The summed E-state index contributed by atoms with van der Waals surface area (Å²) in [6.45, 7) is 0. The summed E-state index contributed by atoms with van der Waals surface area (Å²) in [6, 6.07) is 9.56. The van der Waals surface area contributed by atoms with Crippen molar-refractivity contribution in [2.75, 3.05) is 0 Å². The van der Waals surface area contributed by atoms with E-state index in [0.717, 1.165) is 4.90 Å². The summed E-state index contributed by atoms with van der Waals surface area (Å²) in [5.41, 5.74) is 0. The van der Waals surface area contributed by atoms with E-state index in [0.29, 0.717) is 0 Å². The highest BCUT2D eigenvalue weighted by atomic mass is 32.2. The number of rotatable bonds is 2. The fraction of sp³-hybridized carbons (Fsp3) is 0. The van der Waals surface area contributed by atoms with Gasteiger partial charge in [-0.15, -0.1) is 3.77 Å². The van der Waals surface area contributed by atoms with Gasteiger partial charge < -0.3 is 0 Å². The van der Waals surface area contributed by atoms with Gasteiger partial charge in [-0.1, -0.05) is 18.2 Å². The lowest BCUT2D eigenvalue weighted by Crippen LogP contribution is -1.62. The molecule has 1 aromatic rings. The molecule has 0 atom stereocenters. The molecule has 0 spiro atoms. The smallest absolute Gasteiger partial charge is 0.190 e. The fourth-order valence-corrected chi connectivity index (χ4v) is 1.28. The minimum Gasteiger partial charge on any atom is -0.190 e. The summed E-state index contributed by atoms with van der Waals surface area (Å²) < 4.78 is 13.4. The lowest BCUT2D eigenvalue weighted by atomic mass is 10.4. The van der Waals surface area contributed by atoms with E-state index in [2.05, 4.69) is 3.77 Å². The van der Waals surface area contributed by atoms with Crippen LogP contribution in [0.4, 0.5) is 0 Å². The van der Waals surface area contributed by atoms with E-state index in [9.17, 15) is 4.21 Å². The number of nitrogens with zero attached hydrogens (tertiary/aromatic N) is 1. The maximum Gasteiger partial charge on any atom is 0.212 e. The Kier molecular flexibility index (Phi) is 3.18. The van der Waals surface area contributed by atoms with Crippen LogP contribution in [0, 0.1) is 0 Å². The summed E-state index contributed by atoms with van der Waals surface area (Å²) in [5, 5.41) is 0. The van der Waals surface area contributed by atoms with Crippen molar-refractivity contribution < 1.29 is 4.21 Å². The van der Waals surface area contributed by atoms with E-state index < -0.39 is 0 Å². The standard InChI is InChI=1S/C6H5NOS2/c8-10-7-9-6-4-2-1-3-5-6/h1-5H. The molecule has 0 heterocycles. The van der Waals surface area contributed by atoms with Crippen molar-refractivity contribution >= 4 is 23.4 Å². The molecule has 0 N–H and O–H groups in total. The summed E-state index contributed by atoms with van der Waals surface area (Å²) in [6.07, 6.45) is 0. The number of hydrogen-bond donors (Lipinski definition) is 0. The van der Waals surface area contributed by atoms with Crippen LogP contribution in [0.15, 0.2) is 39.0 Å². The molecule has 1 aromatic carbocycles. The normalized spacial score (nSPS) is 8.80. The van der Waals surface area contributed by atoms with E-state index in [-0.39, 0.29) is 11.5 Å². The van der Waals surface area contributed by atoms with Crippen molar-refractivity contribution in [1.29, 1.82) is 0 Å². The molecular formula is C6H5NOS2. The van der Waals surface area contributed by atoms with Gasteiger partial charge in [0.05, 0.1) is 0 Å². The second kappa shape index (κ2) is 4.24. The Morgan fingerprint density at radius 2 is 1.90 bits per heavy atom. The van der Waals surface area contributed by atoms with E-state index in [4.69, 9.17) is 0 Å². The molecule has 0 fully saturated rings. The third-order valence-electron chi connectivity index (χ3n) is 0.916. The van der Waals surface area contributed by atoms with E-state index >= 15 is 0 Å². The highest BCUT2D eigenvalue weighted by Crippen LogP contribution is 2.16. The molecule has 0 amide bonds. The van der Waals surface area contributed by atoms with Gasteiger partial charge in [-0.2, -0.15) is 4.21 Å². The molecule has 52 valence electrons. The maximum absolute atomic E-state index is 9.83. The Labute approximate surface area is 67.0 Å². The van der Waals surface area contributed by atoms with Gasteiger partial charge in [0, 0.05) is 16.8 Å². The quantitative estimate of drug-likeness (QED) is 0.638. The molecule has 2 nitrogen and oxygen atoms in total. The largest absolute Gasteiger partial charge is 0.212 e. The van der Waals surface area contributed by atoms with Crippen molar-refractivity contribution in [3.8, 4) is 0 Å². The first-order valence-corrected chi connectivity index (χ1v) is 4.12. The Balaban J connectivity index is 2.67. The van der Waals surface area contributed by atoms with Crippen LogP contribution in [0.3, 0.4) is 0 Å². The van der Waals surface area contributed by atoms with Gasteiger partial charge in [0.25, 0.3) is 0 Å². The molecule has 0 unspecified atom stereocenters.